The summed E-state index contributed by atoms with van der Waals surface area (Å²) < 4.78 is 5.80. The summed E-state index contributed by atoms with van der Waals surface area (Å²) in [6.07, 6.45) is 5.39. The maximum absolute atomic E-state index is 12.5. The van der Waals surface area contributed by atoms with Crippen molar-refractivity contribution in [3.63, 3.8) is 0 Å². The number of hydrogen-bond acceptors (Lipinski definition) is 6. The van der Waals surface area contributed by atoms with Crippen molar-refractivity contribution in [2.75, 3.05) is 51.2 Å². The van der Waals surface area contributed by atoms with Crippen LogP contribution in [-0.4, -0.2) is 68.1 Å². The number of carbonyl (C=O) groups is 1. The number of amides is 1. The number of anilines is 1. The molecule has 8 heteroatoms. The molecule has 4 aromatic rings. The van der Waals surface area contributed by atoms with Gasteiger partial charge in [0.25, 0.3) is 5.91 Å². The number of nitrogens with one attached hydrogen (secondary N) is 3. The number of furan rings is 1. The molecular weight excluding hydrogens is 476 g/mol. The molecule has 1 saturated heterocycles. The zero-order valence-corrected chi connectivity index (χ0v) is 22.2. The highest BCUT2D eigenvalue weighted by molar-refractivity contribution is 5.96. The van der Waals surface area contributed by atoms with Gasteiger partial charge in [-0.2, -0.15) is 5.26 Å². The van der Waals surface area contributed by atoms with E-state index in [9.17, 15) is 10.1 Å². The lowest BCUT2D eigenvalue weighted by Gasteiger charge is -2.36. The Morgan fingerprint density at radius 3 is 2.76 bits per heavy atom. The fourth-order valence-corrected chi connectivity index (χ4v) is 5.11. The van der Waals surface area contributed by atoms with Crippen LogP contribution >= 0.6 is 0 Å². The minimum Gasteiger partial charge on any atom is -0.451 e. The molecule has 1 fully saturated rings. The third-order valence-corrected chi connectivity index (χ3v) is 7.59. The predicted octanol–water partition coefficient (Wildman–Crippen LogP) is 4.27. The Balaban J connectivity index is 1.09. The van der Waals surface area contributed by atoms with Gasteiger partial charge in [0.15, 0.2) is 5.76 Å². The molecule has 1 amide bonds. The van der Waals surface area contributed by atoms with Gasteiger partial charge < -0.3 is 24.9 Å². The zero-order chi connectivity index (χ0) is 26.5. The van der Waals surface area contributed by atoms with Crippen LogP contribution in [0.5, 0.6) is 0 Å². The molecule has 1 unspecified atom stereocenters. The van der Waals surface area contributed by atoms with Crippen LogP contribution in [0, 0.1) is 11.3 Å². The molecule has 0 spiro atoms. The van der Waals surface area contributed by atoms with E-state index in [2.05, 4.69) is 49.8 Å². The highest BCUT2D eigenvalue weighted by Gasteiger charge is 2.19. The molecule has 1 atom stereocenters. The minimum atomic E-state index is -0.185. The van der Waals surface area contributed by atoms with Crippen LogP contribution in [0.1, 0.15) is 41.4 Å². The molecule has 5 rings (SSSR count). The quantitative estimate of drug-likeness (QED) is 0.275. The second-order valence-corrected chi connectivity index (χ2v) is 10.2. The van der Waals surface area contributed by atoms with E-state index in [0.29, 0.717) is 17.9 Å². The molecule has 0 saturated carbocycles. The SMILES string of the molecule is CNC(C)CNC(=O)c1cc2cc(N3CCN(CCCCc4c[nH]c5ccc(C#N)cc45)CC3)ccc2o1. The number of aryl methyl sites for hydroxylation is 1. The molecule has 3 heterocycles. The van der Waals surface area contributed by atoms with Gasteiger partial charge in [-0.25, -0.2) is 0 Å². The third-order valence-electron chi connectivity index (χ3n) is 7.59. The normalized spacial score (nSPS) is 15.1. The van der Waals surface area contributed by atoms with Crippen molar-refractivity contribution in [2.45, 2.75) is 32.2 Å². The Kier molecular flexibility index (Phi) is 7.97. The van der Waals surface area contributed by atoms with E-state index in [1.165, 1.54) is 16.6 Å². The van der Waals surface area contributed by atoms with Crippen LogP contribution in [0.15, 0.2) is 53.1 Å². The van der Waals surface area contributed by atoms with Crippen molar-refractivity contribution in [3.8, 4) is 6.07 Å². The summed E-state index contributed by atoms with van der Waals surface area (Å²) in [6.45, 7) is 7.72. The van der Waals surface area contributed by atoms with Crippen LogP contribution in [0.25, 0.3) is 21.9 Å². The van der Waals surface area contributed by atoms with Crippen LogP contribution in [-0.2, 0) is 6.42 Å². The van der Waals surface area contributed by atoms with E-state index in [-0.39, 0.29) is 11.9 Å². The number of nitrogens with zero attached hydrogens (tertiary/aromatic N) is 3. The fraction of sp³-hybridized carbons (Fsp3) is 0.400. The highest BCUT2D eigenvalue weighted by Crippen LogP contribution is 2.26. The first-order valence-electron chi connectivity index (χ1n) is 13.5. The third kappa shape index (κ3) is 5.85. The van der Waals surface area contributed by atoms with Crippen LogP contribution < -0.4 is 15.5 Å². The molecule has 0 bridgehead atoms. The predicted molar refractivity (Wildman–Crippen MR) is 152 cm³/mol. The lowest BCUT2D eigenvalue weighted by atomic mass is 10.1. The number of H-pyrrole nitrogens is 1. The van der Waals surface area contributed by atoms with Crippen molar-refractivity contribution < 1.29 is 9.21 Å². The first-order chi connectivity index (χ1) is 18.5. The first-order valence-corrected chi connectivity index (χ1v) is 13.5. The highest BCUT2D eigenvalue weighted by atomic mass is 16.3. The van der Waals surface area contributed by atoms with Gasteiger partial charge >= 0.3 is 0 Å². The molecule has 0 aliphatic carbocycles. The topological polar surface area (TPSA) is 100 Å². The maximum atomic E-state index is 12.5. The maximum Gasteiger partial charge on any atom is 0.287 e. The van der Waals surface area contributed by atoms with Crippen molar-refractivity contribution in [3.05, 3.63) is 65.5 Å². The summed E-state index contributed by atoms with van der Waals surface area (Å²) in [5.74, 6) is 0.165. The molecule has 1 aliphatic heterocycles. The number of likely N-dealkylation sites (N-methyl/N-ethyl adjacent to an activating group) is 1. The Hall–Kier alpha value is -3.80. The van der Waals surface area contributed by atoms with Gasteiger partial charge in [-0.3, -0.25) is 9.69 Å². The fourth-order valence-electron chi connectivity index (χ4n) is 5.11. The molecule has 0 radical (unpaired) electrons. The molecule has 8 nitrogen and oxygen atoms in total. The van der Waals surface area contributed by atoms with Crippen LogP contribution in [0.4, 0.5) is 5.69 Å². The second kappa shape index (κ2) is 11.7. The van der Waals surface area contributed by atoms with E-state index in [1.54, 1.807) is 0 Å². The van der Waals surface area contributed by atoms with Gasteiger partial charge in [0.2, 0.25) is 0 Å². The summed E-state index contributed by atoms with van der Waals surface area (Å²) in [4.78, 5) is 20.7. The number of fused-ring (bicyclic) bond motifs is 2. The average Bonchev–Trinajstić information content (AvgIpc) is 3.57. The first kappa shape index (κ1) is 25.8. The molecule has 198 valence electrons. The van der Waals surface area contributed by atoms with Gasteiger partial charge in [-0.1, -0.05) is 0 Å². The van der Waals surface area contributed by atoms with E-state index >= 15 is 0 Å². The second-order valence-electron chi connectivity index (χ2n) is 10.2. The van der Waals surface area contributed by atoms with E-state index < -0.39 is 0 Å². The number of piperazine rings is 1. The number of nitriles is 1. The zero-order valence-electron chi connectivity index (χ0n) is 22.2. The number of benzene rings is 2. The van der Waals surface area contributed by atoms with Gasteiger partial charge in [-0.15, -0.1) is 0 Å². The number of rotatable bonds is 10. The number of carbonyl (C=O) groups excluding carboxylic acids is 1. The van der Waals surface area contributed by atoms with Crippen molar-refractivity contribution in [2.24, 2.45) is 0 Å². The van der Waals surface area contributed by atoms with Crippen LogP contribution in [0.2, 0.25) is 0 Å². The molecule has 2 aromatic heterocycles. The van der Waals surface area contributed by atoms with Crippen molar-refractivity contribution in [1.29, 1.82) is 5.26 Å². The van der Waals surface area contributed by atoms with Gasteiger partial charge in [0.1, 0.15) is 5.58 Å². The number of aromatic amines is 1. The molecule has 3 N–H and O–H groups in total. The molecule has 2 aromatic carbocycles. The lowest BCUT2D eigenvalue weighted by Crippen LogP contribution is -2.46. The summed E-state index contributed by atoms with van der Waals surface area (Å²) in [5.41, 5.74) is 5.01. The van der Waals surface area contributed by atoms with E-state index in [1.807, 2.05) is 44.3 Å². The largest absolute Gasteiger partial charge is 0.451 e. The van der Waals surface area contributed by atoms with Gasteiger partial charge in [0, 0.05) is 66.9 Å². The summed E-state index contributed by atoms with van der Waals surface area (Å²) >= 11 is 0. The van der Waals surface area contributed by atoms with Crippen LogP contribution in [0.3, 0.4) is 0 Å². The van der Waals surface area contributed by atoms with Crippen molar-refractivity contribution in [1.82, 2.24) is 20.5 Å². The monoisotopic (exact) mass is 512 g/mol. The Morgan fingerprint density at radius 2 is 1.97 bits per heavy atom. The smallest absolute Gasteiger partial charge is 0.287 e. The Morgan fingerprint density at radius 1 is 1.13 bits per heavy atom. The summed E-state index contributed by atoms with van der Waals surface area (Å²) in [6, 6.07) is 16.3. The molecular formula is C30H36N6O2. The lowest BCUT2D eigenvalue weighted by molar-refractivity contribution is 0.0925. The summed E-state index contributed by atoms with van der Waals surface area (Å²) in [5, 5.41) is 17.3. The average molecular weight is 513 g/mol. The Bertz CT molecular complexity index is 1440. The number of unbranched alkanes of at least 4 members (excludes halogenated alkanes) is 1. The van der Waals surface area contributed by atoms with Gasteiger partial charge in [-0.05, 0) is 87.8 Å². The number of aromatic nitrogens is 1. The molecule has 38 heavy (non-hydrogen) atoms. The van der Waals surface area contributed by atoms with Crippen molar-refractivity contribution >= 4 is 33.5 Å². The summed E-state index contributed by atoms with van der Waals surface area (Å²) in [7, 11) is 1.87. The number of hydrogen-bond donors (Lipinski definition) is 3. The van der Waals surface area contributed by atoms with Gasteiger partial charge in [0.05, 0.1) is 11.6 Å². The molecule has 1 aliphatic rings. The standard InChI is InChI=1S/C30H36N6O2/c1-21(32-2)19-34-30(37)29-17-24-16-25(7-9-28(24)38-29)36-13-11-35(12-14-36)10-4-3-5-23-20-33-27-8-6-22(18-31)15-26(23)27/h6-9,15-17,20-21,32-33H,3-5,10-14,19H2,1-2H3,(H,34,37). The van der Waals surface area contributed by atoms with E-state index in [4.69, 9.17) is 4.42 Å². The minimum absolute atomic E-state index is 0.185. The Labute approximate surface area is 223 Å². The van der Waals surface area contributed by atoms with E-state index in [0.717, 1.165) is 68.5 Å².